The lowest BCUT2D eigenvalue weighted by atomic mass is 10.1. The Hall–Kier alpha value is -0.810. The highest BCUT2D eigenvalue weighted by molar-refractivity contribution is 5.67. The van der Waals surface area contributed by atoms with Crippen LogP contribution in [0.3, 0.4) is 0 Å². The number of piperidine rings is 1. The van der Waals surface area contributed by atoms with Crippen molar-refractivity contribution in [3.05, 3.63) is 0 Å². The second kappa shape index (κ2) is 7.50. The van der Waals surface area contributed by atoms with Crippen LogP contribution in [-0.4, -0.2) is 49.4 Å². The van der Waals surface area contributed by atoms with Crippen LogP contribution >= 0.6 is 0 Å². The lowest BCUT2D eigenvalue weighted by Gasteiger charge is -2.31. The maximum Gasteiger partial charge on any atom is 0.410 e. The average molecular weight is 244 g/mol. The molecule has 5 nitrogen and oxygen atoms in total. The number of nitrogens with zero attached hydrogens (tertiary/aromatic N) is 1. The number of ether oxygens (including phenoxy) is 2. The molecule has 1 fully saturated rings. The molecule has 1 aliphatic heterocycles. The van der Waals surface area contributed by atoms with Gasteiger partial charge in [-0.15, -0.1) is 0 Å². The normalized spacial score (nSPS) is 17.5. The predicted molar refractivity (Wildman–Crippen MR) is 65.8 cm³/mol. The number of likely N-dealkylation sites (tertiary alicyclic amines) is 1. The molecule has 0 unspecified atom stereocenters. The van der Waals surface area contributed by atoms with Crippen molar-refractivity contribution in [1.29, 1.82) is 0 Å². The molecule has 0 aromatic heterocycles. The number of amides is 1. The van der Waals surface area contributed by atoms with E-state index < -0.39 is 0 Å². The van der Waals surface area contributed by atoms with Crippen molar-refractivity contribution in [1.82, 2.24) is 4.90 Å². The topological polar surface area (TPSA) is 64.8 Å². The van der Waals surface area contributed by atoms with Gasteiger partial charge in [-0.05, 0) is 39.7 Å². The van der Waals surface area contributed by atoms with Crippen molar-refractivity contribution in [2.24, 2.45) is 5.73 Å². The van der Waals surface area contributed by atoms with E-state index in [1.54, 1.807) is 4.90 Å². The highest BCUT2D eigenvalue weighted by Crippen LogP contribution is 2.15. The maximum absolute atomic E-state index is 11.6. The van der Waals surface area contributed by atoms with Gasteiger partial charge in [-0.2, -0.15) is 0 Å². The van der Waals surface area contributed by atoms with Crippen LogP contribution in [0.25, 0.3) is 0 Å². The second-order valence-corrected chi connectivity index (χ2v) is 4.63. The summed E-state index contributed by atoms with van der Waals surface area (Å²) in [5, 5.41) is 0. The van der Waals surface area contributed by atoms with E-state index in [4.69, 9.17) is 15.2 Å². The lowest BCUT2D eigenvalue weighted by Crippen LogP contribution is -2.42. The Balaban J connectivity index is 2.18. The molecule has 1 rings (SSSR count). The molecule has 1 heterocycles. The summed E-state index contributed by atoms with van der Waals surface area (Å²) in [4.78, 5) is 13.4. The summed E-state index contributed by atoms with van der Waals surface area (Å²) in [6, 6.07) is 0. The van der Waals surface area contributed by atoms with Crippen molar-refractivity contribution in [2.45, 2.75) is 45.3 Å². The van der Waals surface area contributed by atoms with Crippen LogP contribution in [-0.2, 0) is 9.47 Å². The zero-order valence-corrected chi connectivity index (χ0v) is 10.9. The summed E-state index contributed by atoms with van der Waals surface area (Å²) in [5.41, 5.74) is 5.40. The molecule has 1 amide bonds. The van der Waals surface area contributed by atoms with Gasteiger partial charge in [0.1, 0.15) is 0 Å². The Morgan fingerprint density at radius 3 is 2.59 bits per heavy atom. The smallest absolute Gasteiger partial charge is 0.410 e. The van der Waals surface area contributed by atoms with E-state index in [-0.39, 0.29) is 18.3 Å². The first-order valence-electron chi connectivity index (χ1n) is 6.40. The van der Waals surface area contributed by atoms with Gasteiger partial charge < -0.3 is 20.1 Å². The molecular formula is C12H24N2O3. The molecule has 0 atom stereocenters. The molecule has 17 heavy (non-hydrogen) atoms. The van der Waals surface area contributed by atoms with Crippen molar-refractivity contribution in [3.8, 4) is 0 Å². The van der Waals surface area contributed by atoms with E-state index in [1.807, 2.05) is 13.8 Å². The van der Waals surface area contributed by atoms with Gasteiger partial charge in [-0.1, -0.05) is 0 Å². The lowest BCUT2D eigenvalue weighted by molar-refractivity contribution is 0.00199. The summed E-state index contributed by atoms with van der Waals surface area (Å²) in [5.74, 6) is 0. The minimum atomic E-state index is -0.208. The Labute approximate surface area is 103 Å². The van der Waals surface area contributed by atoms with Gasteiger partial charge >= 0.3 is 6.09 Å². The summed E-state index contributed by atoms with van der Waals surface area (Å²) in [6.07, 6.45) is 2.68. The summed E-state index contributed by atoms with van der Waals surface area (Å²) >= 11 is 0. The molecule has 2 N–H and O–H groups in total. The van der Waals surface area contributed by atoms with Crippen molar-refractivity contribution in [2.75, 3.05) is 26.2 Å². The molecule has 0 aliphatic carbocycles. The van der Waals surface area contributed by atoms with Crippen LogP contribution in [0, 0.1) is 0 Å². The molecule has 0 saturated carbocycles. The first-order chi connectivity index (χ1) is 8.13. The van der Waals surface area contributed by atoms with Gasteiger partial charge in [0.05, 0.1) is 12.2 Å². The molecule has 0 aromatic rings. The van der Waals surface area contributed by atoms with Gasteiger partial charge in [0, 0.05) is 19.7 Å². The average Bonchev–Trinajstić information content (AvgIpc) is 2.29. The fraction of sp³-hybridized carbons (Fsp3) is 0.917. The third-order valence-corrected chi connectivity index (χ3v) is 2.74. The summed E-state index contributed by atoms with van der Waals surface area (Å²) in [6.45, 7) is 6.55. The molecule has 0 radical (unpaired) electrons. The molecule has 1 saturated heterocycles. The highest BCUT2D eigenvalue weighted by Gasteiger charge is 2.24. The van der Waals surface area contributed by atoms with Crippen LogP contribution in [0.5, 0.6) is 0 Å². The number of carbonyl (C=O) groups excluding carboxylic acids is 1. The largest absolute Gasteiger partial charge is 0.447 e. The van der Waals surface area contributed by atoms with Crippen molar-refractivity contribution in [3.63, 3.8) is 0 Å². The fourth-order valence-corrected chi connectivity index (χ4v) is 1.81. The first kappa shape index (κ1) is 14.3. The van der Waals surface area contributed by atoms with E-state index in [1.165, 1.54) is 0 Å². The molecular weight excluding hydrogens is 220 g/mol. The predicted octanol–water partition coefficient (Wildman–Crippen LogP) is 1.36. The fourth-order valence-electron chi connectivity index (χ4n) is 1.81. The Bertz CT molecular complexity index is 226. The first-order valence-corrected chi connectivity index (χ1v) is 6.40. The molecule has 100 valence electrons. The minimum absolute atomic E-state index is 0.0546. The van der Waals surface area contributed by atoms with E-state index in [0.29, 0.717) is 6.54 Å². The quantitative estimate of drug-likeness (QED) is 0.742. The molecule has 0 spiro atoms. The maximum atomic E-state index is 11.6. The zero-order chi connectivity index (χ0) is 12.7. The van der Waals surface area contributed by atoms with Gasteiger partial charge in [0.15, 0.2) is 0 Å². The number of rotatable bonds is 5. The zero-order valence-electron chi connectivity index (χ0n) is 10.9. The van der Waals surface area contributed by atoms with Gasteiger partial charge in [-0.3, -0.25) is 0 Å². The summed E-state index contributed by atoms with van der Waals surface area (Å²) in [7, 11) is 0. The standard InChI is InChI=1S/C12H24N2O3/c1-10(2)17-12(15)14-7-4-11(5-8-14)16-9-3-6-13/h10-11H,3-9,13H2,1-2H3. The number of hydrogen-bond acceptors (Lipinski definition) is 4. The minimum Gasteiger partial charge on any atom is -0.447 e. The van der Waals surface area contributed by atoms with E-state index in [2.05, 4.69) is 0 Å². The highest BCUT2D eigenvalue weighted by atomic mass is 16.6. The van der Waals surface area contributed by atoms with E-state index >= 15 is 0 Å². The second-order valence-electron chi connectivity index (χ2n) is 4.63. The van der Waals surface area contributed by atoms with Crippen LogP contribution in [0.2, 0.25) is 0 Å². The van der Waals surface area contributed by atoms with E-state index in [0.717, 1.165) is 39.0 Å². The Morgan fingerprint density at radius 1 is 1.41 bits per heavy atom. The third kappa shape index (κ3) is 5.37. The Morgan fingerprint density at radius 2 is 2.06 bits per heavy atom. The molecule has 1 aliphatic rings. The summed E-state index contributed by atoms with van der Waals surface area (Å²) < 4.78 is 10.8. The molecule has 5 heteroatoms. The van der Waals surface area contributed by atoms with E-state index in [9.17, 15) is 4.79 Å². The van der Waals surface area contributed by atoms with Gasteiger partial charge in [0.2, 0.25) is 0 Å². The monoisotopic (exact) mass is 244 g/mol. The SMILES string of the molecule is CC(C)OC(=O)N1CCC(OCCCN)CC1. The molecule has 0 bridgehead atoms. The Kier molecular flexibility index (Phi) is 6.29. The van der Waals surface area contributed by atoms with Crippen LogP contribution in [0.4, 0.5) is 4.79 Å². The van der Waals surface area contributed by atoms with Crippen LogP contribution in [0.15, 0.2) is 0 Å². The van der Waals surface area contributed by atoms with Crippen molar-refractivity contribution >= 4 is 6.09 Å². The van der Waals surface area contributed by atoms with Crippen LogP contribution < -0.4 is 5.73 Å². The number of nitrogens with two attached hydrogens (primary N) is 1. The number of carbonyl (C=O) groups is 1. The van der Waals surface area contributed by atoms with Gasteiger partial charge in [0.25, 0.3) is 0 Å². The van der Waals surface area contributed by atoms with Crippen LogP contribution in [0.1, 0.15) is 33.1 Å². The number of hydrogen-bond donors (Lipinski definition) is 1. The molecule has 0 aromatic carbocycles. The van der Waals surface area contributed by atoms with Gasteiger partial charge in [-0.25, -0.2) is 4.79 Å². The van der Waals surface area contributed by atoms with Crippen molar-refractivity contribution < 1.29 is 14.3 Å². The third-order valence-electron chi connectivity index (χ3n) is 2.74.